The summed E-state index contributed by atoms with van der Waals surface area (Å²) in [7, 11) is 0. The van der Waals surface area contributed by atoms with Crippen LogP contribution in [0.1, 0.15) is 11.1 Å². The number of nitrogens with one attached hydrogen (secondary N) is 1. The van der Waals surface area contributed by atoms with Crippen molar-refractivity contribution in [1.29, 1.82) is 5.26 Å². The molecule has 0 saturated carbocycles. The van der Waals surface area contributed by atoms with E-state index in [1.54, 1.807) is 23.0 Å². The molecule has 1 N–H and O–H groups in total. The molecule has 6 nitrogen and oxygen atoms in total. The molecule has 0 atom stereocenters. The molecule has 20 heavy (non-hydrogen) atoms. The Morgan fingerprint density at radius 2 is 2.20 bits per heavy atom. The molecule has 3 rings (SSSR count). The lowest BCUT2D eigenvalue weighted by Gasteiger charge is -2.26. The van der Waals surface area contributed by atoms with Crippen molar-refractivity contribution in [2.75, 3.05) is 26.2 Å². The molecule has 1 fully saturated rings. The van der Waals surface area contributed by atoms with Gasteiger partial charge in [0.25, 0.3) is 0 Å². The summed E-state index contributed by atoms with van der Waals surface area (Å²) in [6, 6.07) is 5.54. The number of pyridine rings is 1. The van der Waals surface area contributed by atoms with Crippen molar-refractivity contribution in [2.45, 2.75) is 6.54 Å². The topological polar surface area (TPSA) is 69.8 Å². The highest BCUT2D eigenvalue weighted by atomic mass is 15.3. The SMILES string of the molecule is N#Cc1ccnc(-n2cc(CN3CCNCC3)cn2)c1. The first kappa shape index (κ1) is 12.8. The zero-order chi connectivity index (χ0) is 13.8. The highest BCUT2D eigenvalue weighted by Gasteiger charge is 2.11. The molecule has 0 aliphatic carbocycles. The summed E-state index contributed by atoms with van der Waals surface area (Å²) in [4.78, 5) is 6.64. The fourth-order valence-corrected chi connectivity index (χ4v) is 2.31. The maximum atomic E-state index is 8.91. The molecule has 1 aliphatic rings. The van der Waals surface area contributed by atoms with Gasteiger partial charge in [-0.25, -0.2) is 9.67 Å². The molecule has 1 saturated heterocycles. The molecule has 0 aromatic carbocycles. The van der Waals surface area contributed by atoms with Gasteiger partial charge in [-0.1, -0.05) is 0 Å². The van der Waals surface area contributed by atoms with Gasteiger partial charge in [-0.3, -0.25) is 4.90 Å². The molecule has 0 spiro atoms. The quantitative estimate of drug-likeness (QED) is 0.880. The Bertz CT molecular complexity index is 621. The highest BCUT2D eigenvalue weighted by Crippen LogP contribution is 2.09. The summed E-state index contributed by atoms with van der Waals surface area (Å²) < 4.78 is 1.72. The average Bonchev–Trinajstić information content (AvgIpc) is 2.97. The number of rotatable bonds is 3. The molecular formula is C14H16N6. The van der Waals surface area contributed by atoms with Crippen molar-refractivity contribution < 1.29 is 0 Å². The fraction of sp³-hybridized carbons (Fsp3) is 0.357. The third-order valence-corrected chi connectivity index (χ3v) is 3.36. The Labute approximate surface area is 117 Å². The first-order valence-electron chi connectivity index (χ1n) is 6.68. The second kappa shape index (κ2) is 5.82. The van der Waals surface area contributed by atoms with E-state index in [-0.39, 0.29) is 0 Å². The van der Waals surface area contributed by atoms with Crippen LogP contribution in [0.5, 0.6) is 0 Å². The number of aromatic nitrogens is 3. The minimum Gasteiger partial charge on any atom is -0.314 e. The molecule has 0 unspecified atom stereocenters. The third-order valence-electron chi connectivity index (χ3n) is 3.36. The summed E-state index contributed by atoms with van der Waals surface area (Å²) in [6.45, 7) is 5.11. The highest BCUT2D eigenvalue weighted by molar-refractivity contribution is 5.35. The van der Waals surface area contributed by atoms with Gasteiger partial charge in [-0.05, 0) is 6.07 Å². The van der Waals surface area contributed by atoms with Crippen LogP contribution in [0, 0.1) is 11.3 Å². The van der Waals surface area contributed by atoms with Gasteiger partial charge in [-0.15, -0.1) is 0 Å². The Balaban J connectivity index is 1.74. The summed E-state index contributed by atoms with van der Waals surface area (Å²) in [5, 5.41) is 16.6. The maximum absolute atomic E-state index is 8.91. The number of hydrogen-bond acceptors (Lipinski definition) is 5. The number of nitrogens with zero attached hydrogens (tertiary/aromatic N) is 5. The van der Waals surface area contributed by atoms with Crippen molar-refractivity contribution >= 4 is 0 Å². The lowest BCUT2D eigenvalue weighted by atomic mass is 10.3. The van der Waals surface area contributed by atoms with Gasteiger partial charge in [0.1, 0.15) is 0 Å². The maximum Gasteiger partial charge on any atom is 0.154 e. The third kappa shape index (κ3) is 2.85. The zero-order valence-electron chi connectivity index (χ0n) is 11.2. The van der Waals surface area contributed by atoms with E-state index >= 15 is 0 Å². The molecule has 6 heteroatoms. The predicted molar refractivity (Wildman–Crippen MR) is 74.2 cm³/mol. The van der Waals surface area contributed by atoms with E-state index in [9.17, 15) is 0 Å². The summed E-state index contributed by atoms with van der Waals surface area (Å²) >= 11 is 0. The van der Waals surface area contributed by atoms with E-state index in [1.165, 1.54) is 0 Å². The number of nitriles is 1. The average molecular weight is 268 g/mol. The van der Waals surface area contributed by atoms with Crippen LogP contribution in [0.25, 0.3) is 5.82 Å². The van der Waals surface area contributed by atoms with E-state index in [4.69, 9.17) is 5.26 Å². The van der Waals surface area contributed by atoms with Crippen molar-refractivity contribution in [3.63, 3.8) is 0 Å². The monoisotopic (exact) mass is 268 g/mol. The van der Waals surface area contributed by atoms with E-state index in [2.05, 4.69) is 26.4 Å². The predicted octanol–water partition coefficient (Wildman–Crippen LogP) is 0.544. The second-order valence-corrected chi connectivity index (χ2v) is 4.83. The fourth-order valence-electron chi connectivity index (χ4n) is 2.31. The molecule has 2 aromatic heterocycles. The van der Waals surface area contributed by atoms with E-state index in [1.807, 2.05) is 12.4 Å². The van der Waals surface area contributed by atoms with Crippen molar-refractivity contribution in [3.05, 3.63) is 41.9 Å². The van der Waals surface area contributed by atoms with E-state index < -0.39 is 0 Å². The molecule has 0 bridgehead atoms. The van der Waals surface area contributed by atoms with Gasteiger partial charge < -0.3 is 5.32 Å². The van der Waals surface area contributed by atoms with Gasteiger partial charge in [-0.2, -0.15) is 10.4 Å². The Morgan fingerprint density at radius 3 is 3.00 bits per heavy atom. The smallest absolute Gasteiger partial charge is 0.154 e. The largest absolute Gasteiger partial charge is 0.314 e. The van der Waals surface area contributed by atoms with E-state index in [0.717, 1.165) is 38.3 Å². The first-order valence-corrected chi connectivity index (χ1v) is 6.68. The van der Waals surface area contributed by atoms with Crippen LogP contribution in [-0.4, -0.2) is 45.8 Å². The van der Waals surface area contributed by atoms with Crippen LogP contribution >= 0.6 is 0 Å². The lowest BCUT2D eigenvalue weighted by molar-refractivity contribution is 0.233. The molecule has 2 aromatic rings. The van der Waals surface area contributed by atoms with Crippen molar-refractivity contribution in [1.82, 2.24) is 25.0 Å². The standard InChI is InChI=1S/C14H16N6/c15-8-12-1-2-17-14(7-12)20-11-13(9-18-20)10-19-5-3-16-4-6-19/h1-2,7,9,11,16H,3-6,10H2. The van der Waals surface area contributed by atoms with Crippen LogP contribution in [0.2, 0.25) is 0 Å². The normalized spacial score (nSPS) is 15.9. The van der Waals surface area contributed by atoms with Crippen LogP contribution in [0.3, 0.4) is 0 Å². The summed E-state index contributed by atoms with van der Waals surface area (Å²) in [5.74, 6) is 0.676. The first-order chi connectivity index (χ1) is 9.85. The van der Waals surface area contributed by atoms with Crippen LogP contribution in [-0.2, 0) is 6.54 Å². The van der Waals surface area contributed by atoms with Crippen molar-refractivity contribution in [3.8, 4) is 11.9 Å². The molecule has 0 radical (unpaired) electrons. The van der Waals surface area contributed by atoms with E-state index in [0.29, 0.717) is 11.4 Å². The van der Waals surface area contributed by atoms with Crippen LogP contribution in [0.15, 0.2) is 30.7 Å². The van der Waals surface area contributed by atoms with Gasteiger partial charge in [0.15, 0.2) is 5.82 Å². The molecule has 102 valence electrons. The minimum atomic E-state index is 0.592. The van der Waals surface area contributed by atoms with Gasteiger partial charge in [0.2, 0.25) is 0 Å². The van der Waals surface area contributed by atoms with Gasteiger partial charge >= 0.3 is 0 Å². The second-order valence-electron chi connectivity index (χ2n) is 4.83. The van der Waals surface area contributed by atoms with Crippen LogP contribution in [0.4, 0.5) is 0 Å². The number of hydrogen-bond donors (Lipinski definition) is 1. The Morgan fingerprint density at radius 1 is 1.35 bits per heavy atom. The summed E-state index contributed by atoms with van der Waals surface area (Å²) in [5.41, 5.74) is 1.75. The summed E-state index contributed by atoms with van der Waals surface area (Å²) in [6.07, 6.45) is 5.47. The van der Waals surface area contributed by atoms with Gasteiger partial charge in [0, 0.05) is 56.7 Å². The minimum absolute atomic E-state index is 0.592. The molecule has 0 amide bonds. The van der Waals surface area contributed by atoms with Gasteiger partial charge in [0.05, 0.1) is 17.8 Å². The number of piperazine rings is 1. The molecular weight excluding hydrogens is 252 g/mol. The Kier molecular flexibility index (Phi) is 3.72. The lowest BCUT2D eigenvalue weighted by Crippen LogP contribution is -2.42. The van der Waals surface area contributed by atoms with Crippen LogP contribution < -0.4 is 5.32 Å². The van der Waals surface area contributed by atoms with Crippen molar-refractivity contribution in [2.24, 2.45) is 0 Å². The molecule has 1 aliphatic heterocycles. The zero-order valence-corrected chi connectivity index (χ0v) is 11.2. The molecule has 3 heterocycles. The Hall–Kier alpha value is -2.23.